The Labute approximate surface area is 161 Å². The summed E-state index contributed by atoms with van der Waals surface area (Å²) < 4.78 is 63.2. The maximum Gasteiger partial charge on any atom is 0.416 e. The molecular formula is C19H19F3N2O3S. The van der Waals surface area contributed by atoms with Crippen LogP contribution in [0.15, 0.2) is 48.5 Å². The van der Waals surface area contributed by atoms with Gasteiger partial charge in [-0.05, 0) is 48.7 Å². The number of alkyl halides is 3. The number of hydrogen-bond acceptors (Lipinski definition) is 3. The summed E-state index contributed by atoms with van der Waals surface area (Å²) in [6.45, 7) is 0.186. The molecule has 1 fully saturated rings. The maximum absolute atomic E-state index is 12.9. The van der Waals surface area contributed by atoms with Crippen LogP contribution in [0.3, 0.4) is 0 Å². The van der Waals surface area contributed by atoms with Crippen LogP contribution in [-0.4, -0.2) is 31.5 Å². The molecule has 9 heteroatoms. The largest absolute Gasteiger partial charge is 0.416 e. The van der Waals surface area contributed by atoms with Gasteiger partial charge in [0.25, 0.3) is 5.91 Å². The van der Waals surface area contributed by atoms with Crippen LogP contribution in [-0.2, 0) is 22.7 Å². The van der Waals surface area contributed by atoms with Gasteiger partial charge in [0.05, 0.1) is 11.8 Å². The SMILES string of the molecule is CS(=O)(=O)Nc1cccc(C(=O)N(Cc2ccc(C(F)(F)F)cc2)C2CC2)c1. The fraction of sp³-hybridized carbons (Fsp3) is 0.316. The Balaban J connectivity index is 1.79. The van der Waals surface area contributed by atoms with Crippen LogP contribution in [0, 0.1) is 0 Å². The van der Waals surface area contributed by atoms with Crippen molar-refractivity contribution in [1.82, 2.24) is 4.90 Å². The molecule has 3 rings (SSSR count). The third kappa shape index (κ3) is 5.25. The van der Waals surface area contributed by atoms with Crippen LogP contribution in [0.5, 0.6) is 0 Å². The third-order valence-corrected chi connectivity index (χ3v) is 4.90. The Hall–Kier alpha value is -2.55. The van der Waals surface area contributed by atoms with E-state index in [2.05, 4.69) is 4.72 Å². The second-order valence-electron chi connectivity index (χ2n) is 6.81. The van der Waals surface area contributed by atoms with Gasteiger partial charge in [0.1, 0.15) is 0 Å². The standard InChI is InChI=1S/C19H19F3N2O3S/c1-28(26,27)23-16-4-2-3-14(11-16)18(25)24(17-9-10-17)12-13-5-7-15(8-6-13)19(20,21)22/h2-8,11,17,23H,9-10,12H2,1H3. The van der Waals surface area contributed by atoms with Gasteiger partial charge >= 0.3 is 6.18 Å². The molecule has 2 aromatic carbocycles. The van der Waals surface area contributed by atoms with Crippen LogP contribution in [0.2, 0.25) is 0 Å². The lowest BCUT2D eigenvalue weighted by molar-refractivity contribution is -0.137. The van der Waals surface area contributed by atoms with Gasteiger partial charge < -0.3 is 4.90 Å². The lowest BCUT2D eigenvalue weighted by atomic mass is 10.1. The van der Waals surface area contributed by atoms with Gasteiger partial charge in [-0.2, -0.15) is 13.2 Å². The normalized spacial score (nSPS) is 14.6. The van der Waals surface area contributed by atoms with Crippen LogP contribution in [0.25, 0.3) is 0 Å². The van der Waals surface area contributed by atoms with E-state index in [1.165, 1.54) is 24.3 Å². The van der Waals surface area contributed by atoms with Crippen LogP contribution in [0.1, 0.15) is 34.3 Å². The Kier molecular flexibility index (Phi) is 5.38. The molecule has 0 atom stereocenters. The highest BCUT2D eigenvalue weighted by molar-refractivity contribution is 7.92. The van der Waals surface area contributed by atoms with E-state index < -0.39 is 21.8 Å². The second kappa shape index (κ2) is 7.46. The number of hydrogen-bond donors (Lipinski definition) is 1. The van der Waals surface area contributed by atoms with E-state index in [1.807, 2.05) is 0 Å². The molecule has 5 nitrogen and oxygen atoms in total. The molecule has 28 heavy (non-hydrogen) atoms. The van der Waals surface area contributed by atoms with E-state index in [1.54, 1.807) is 17.0 Å². The zero-order valence-electron chi connectivity index (χ0n) is 15.0. The zero-order chi connectivity index (χ0) is 20.5. The molecule has 0 radical (unpaired) electrons. The number of rotatable bonds is 6. The van der Waals surface area contributed by atoms with E-state index in [-0.39, 0.29) is 24.2 Å². The van der Waals surface area contributed by atoms with Gasteiger partial charge in [0, 0.05) is 23.8 Å². The summed E-state index contributed by atoms with van der Waals surface area (Å²) in [6, 6.07) is 10.9. The summed E-state index contributed by atoms with van der Waals surface area (Å²) >= 11 is 0. The van der Waals surface area contributed by atoms with Crippen molar-refractivity contribution in [2.75, 3.05) is 11.0 Å². The molecule has 0 aliphatic heterocycles. The monoisotopic (exact) mass is 412 g/mol. The van der Waals surface area contributed by atoms with Crippen molar-refractivity contribution in [3.8, 4) is 0 Å². The van der Waals surface area contributed by atoms with Gasteiger partial charge in [-0.25, -0.2) is 8.42 Å². The minimum absolute atomic E-state index is 0.0290. The number of anilines is 1. The summed E-state index contributed by atoms with van der Waals surface area (Å²) in [5.74, 6) is -0.292. The first-order valence-electron chi connectivity index (χ1n) is 8.58. The fourth-order valence-corrected chi connectivity index (χ4v) is 3.40. The number of benzene rings is 2. The highest BCUT2D eigenvalue weighted by atomic mass is 32.2. The molecule has 0 saturated heterocycles. The minimum atomic E-state index is -4.41. The van der Waals surface area contributed by atoms with Crippen molar-refractivity contribution in [2.24, 2.45) is 0 Å². The molecule has 1 amide bonds. The first-order chi connectivity index (χ1) is 13.0. The van der Waals surface area contributed by atoms with Crippen LogP contribution < -0.4 is 4.72 Å². The average molecular weight is 412 g/mol. The summed E-state index contributed by atoms with van der Waals surface area (Å²) in [4.78, 5) is 14.6. The number of nitrogens with zero attached hydrogens (tertiary/aromatic N) is 1. The molecule has 0 bridgehead atoms. The van der Waals surface area contributed by atoms with Crippen molar-refractivity contribution >= 4 is 21.6 Å². The van der Waals surface area contributed by atoms with Crippen molar-refractivity contribution in [1.29, 1.82) is 0 Å². The maximum atomic E-state index is 12.9. The van der Waals surface area contributed by atoms with Gasteiger partial charge in [0.15, 0.2) is 0 Å². The first-order valence-corrected chi connectivity index (χ1v) is 10.5. The quantitative estimate of drug-likeness (QED) is 0.783. The van der Waals surface area contributed by atoms with E-state index in [4.69, 9.17) is 0 Å². The lowest BCUT2D eigenvalue weighted by Crippen LogP contribution is -2.32. The number of carbonyl (C=O) groups is 1. The number of nitrogens with one attached hydrogen (secondary N) is 1. The molecule has 0 unspecified atom stereocenters. The third-order valence-electron chi connectivity index (χ3n) is 4.30. The molecule has 1 aliphatic rings. The van der Waals surface area contributed by atoms with Crippen LogP contribution >= 0.6 is 0 Å². The lowest BCUT2D eigenvalue weighted by Gasteiger charge is -2.23. The Bertz CT molecular complexity index is 969. The summed E-state index contributed by atoms with van der Waals surface area (Å²) in [5.41, 5.74) is 0.449. The number of sulfonamides is 1. The Morgan fingerprint density at radius 2 is 1.79 bits per heavy atom. The van der Waals surface area contributed by atoms with Gasteiger partial charge in [0.2, 0.25) is 10.0 Å². The van der Waals surface area contributed by atoms with Gasteiger partial charge in [-0.1, -0.05) is 18.2 Å². The second-order valence-corrected chi connectivity index (χ2v) is 8.56. The first kappa shape index (κ1) is 20.2. The summed E-state index contributed by atoms with van der Waals surface area (Å²) in [6.07, 6.45) is -1.73. The van der Waals surface area contributed by atoms with Gasteiger partial charge in [-0.3, -0.25) is 9.52 Å². The molecule has 2 aromatic rings. The van der Waals surface area contributed by atoms with E-state index in [9.17, 15) is 26.4 Å². The molecular weight excluding hydrogens is 393 g/mol. The molecule has 1 aliphatic carbocycles. The summed E-state index contributed by atoms with van der Waals surface area (Å²) in [5, 5.41) is 0. The van der Waals surface area contributed by atoms with E-state index >= 15 is 0 Å². The average Bonchev–Trinajstić information content (AvgIpc) is 3.42. The number of carbonyl (C=O) groups excluding carboxylic acids is 1. The molecule has 1 saturated carbocycles. The highest BCUT2D eigenvalue weighted by Gasteiger charge is 2.34. The van der Waals surface area contributed by atoms with Gasteiger partial charge in [-0.15, -0.1) is 0 Å². The minimum Gasteiger partial charge on any atom is -0.331 e. The van der Waals surface area contributed by atoms with Crippen molar-refractivity contribution in [2.45, 2.75) is 31.6 Å². The van der Waals surface area contributed by atoms with Crippen molar-refractivity contribution in [3.63, 3.8) is 0 Å². The molecule has 150 valence electrons. The van der Waals surface area contributed by atoms with Crippen molar-refractivity contribution in [3.05, 3.63) is 65.2 Å². The number of amides is 1. The predicted octanol–water partition coefficient (Wildman–Crippen LogP) is 3.88. The topological polar surface area (TPSA) is 66.5 Å². The van der Waals surface area contributed by atoms with E-state index in [0.717, 1.165) is 31.2 Å². The highest BCUT2D eigenvalue weighted by Crippen LogP contribution is 2.32. The fourth-order valence-electron chi connectivity index (χ4n) is 2.84. The zero-order valence-corrected chi connectivity index (χ0v) is 15.8. The Morgan fingerprint density at radius 1 is 1.14 bits per heavy atom. The molecule has 1 N–H and O–H groups in total. The van der Waals surface area contributed by atoms with Crippen LogP contribution in [0.4, 0.5) is 18.9 Å². The van der Waals surface area contributed by atoms with Crippen molar-refractivity contribution < 1.29 is 26.4 Å². The number of halogens is 3. The van der Waals surface area contributed by atoms with E-state index in [0.29, 0.717) is 11.1 Å². The smallest absolute Gasteiger partial charge is 0.331 e. The Morgan fingerprint density at radius 3 is 2.32 bits per heavy atom. The predicted molar refractivity (Wildman–Crippen MR) is 99.2 cm³/mol. The summed E-state index contributed by atoms with van der Waals surface area (Å²) in [7, 11) is -3.48. The molecule has 0 aromatic heterocycles. The molecule has 0 heterocycles. The molecule has 0 spiro atoms.